The number of carboxylic acid groups (broad SMARTS) is 1. The first-order chi connectivity index (χ1) is 9.63. The summed E-state index contributed by atoms with van der Waals surface area (Å²) in [6.45, 7) is 6.42. The molecule has 1 atom stereocenters. The Balaban J connectivity index is 2.25. The van der Waals surface area contributed by atoms with Gasteiger partial charge in [-0.2, -0.15) is 0 Å². The minimum absolute atomic E-state index is 0.258. The number of aliphatic carboxylic acids is 1. The van der Waals surface area contributed by atoms with Gasteiger partial charge in [0.05, 0.1) is 6.61 Å². The summed E-state index contributed by atoms with van der Waals surface area (Å²) in [5.41, 5.74) is 1.16. The SMILES string of the molecule is CCOc1ccccc1CNCCC(C)CCC(=O)O. The van der Waals surface area contributed by atoms with E-state index in [4.69, 9.17) is 9.84 Å². The number of hydrogen-bond donors (Lipinski definition) is 2. The smallest absolute Gasteiger partial charge is 0.303 e. The van der Waals surface area contributed by atoms with Crippen LogP contribution in [0.15, 0.2) is 24.3 Å². The number of carbonyl (C=O) groups is 1. The van der Waals surface area contributed by atoms with Crippen LogP contribution in [0.4, 0.5) is 0 Å². The van der Waals surface area contributed by atoms with Crippen molar-refractivity contribution in [1.82, 2.24) is 5.32 Å². The van der Waals surface area contributed by atoms with Crippen LogP contribution in [-0.4, -0.2) is 24.2 Å². The van der Waals surface area contributed by atoms with E-state index in [1.165, 1.54) is 0 Å². The Hall–Kier alpha value is -1.55. The number of rotatable bonds is 10. The molecule has 0 fully saturated rings. The third-order valence-corrected chi connectivity index (χ3v) is 3.25. The van der Waals surface area contributed by atoms with Crippen LogP contribution in [0.1, 0.15) is 38.7 Å². The Morgan fingerprint density at radius 2 is 2.10 bits per heavy atom. The highest BCUT2D eigenvalue weighted by Crippen LogP contribution is 2.17. The van der Waals surface area contributed by atoms with Crippen LogP contribution in [0.25, 0.3) is 0 Å². The van der Waals surface area contributed by atoms with Crippen LogP contribution in [0.2, 0.25) is 0 Å². The Labute approximate surface area is 121 Å². The van der Waals surface area contributed by atoms with Gasteiger partial charge in [0.2, 0.25) is 0 Å². The summed E-state index contributed by atoms with van der Waals surface area (Å²) in [6, 6.07) is 8.03. The van der Waals surface area contributed by atoms with Crippen LogP contribution in [0.3, 0.4) is 0 Å². The standard InChI is InChI=1S/C16H25NO3/c1-3-20-15-7-5-4-6-14(15)12-17-11-10-13(2)8-9-16(18)19/h4-7,13,17H,3,8-12H2,1-2H3,(H,18,19). The van der Waals surface area contributed by atoms with Crippen molar-refractivity contribution in [3.05, 3.63) is 29.8 Å². The number of ether oxygens (including phenoxy) is 1. The molecule has 0 saturated carbocycles. The zero-order valence-corrected chi connectivity index (χ0v) is 12.4. The van der Waals surface area contributed by atoms with Gasteiger partial charge in [-0.3, -0.25) is 4.79 Å². The third kappa shape index (κ3) is 6.57. The van der Waals surface area contributed by atoms with Gasteiger partial charge in [-0.25, -0.2) is 0 Å². The zero-order chi connectivity index (χ0) is 14.8. The summed E-state index contributed by atoms with van der Waals surface area (Å²) in [5.74, 6) is 0.651. The first-order valence-electron chi connectivity index (χ1n) is 7.26. The quantitative estimate of drug-likeness (QED) is 0.646. The van der Waals surface area contributed by atoms with Gasteiger partial charge in [-0.15, -0.1) is 0 Å². The lowest BCUT2D eigenvalue weighted by Crippen LogP contribution is -2.18. The van der Waals surface area contributed by atoms with Gasteiger partial charge < -0.3 is 15.2 Å². The summed E-state index contributed by atoms with van der Waals surface area (Å²) in [4.78, 5) is 10.5. The average Bonchev–Trinajstić information content (AvgIpc) is 2.43. The molecule has 4 heteroatoms. The van der Waals surface area contributed by atoms with Gasteiger partial charge in [0.1, 0.15) is 5.75 Å². The Bertz CT molecular complexity index is 406. The zero-order valence-electron chi connectivity index (χ0n) is 12.4. The fourth-order valence-electron chi connectivity index (χ4n) is 2.03. The minimum Gasteiger partial charge on any atom is -0.494 e. The van der Waals surface area contributed by atoms with Gasteiger partial charge in [0.25, 0.3) is 0 Å². The maximum absolute atomic E-state index is 10.5. The molecular weight excluding hydrogens is 254 g/mol. The topological polar surface area (TPSA) is 58.6 Å². The molecule has 0 aliphatic heterocycles. The van der Waals surface area contributed by atoms with Crippen LogP contribution >= 0.6 is 0 Å². The maximum atomic E-state index is 10.5. The monoisotopic (exact) mass is 279 g/mol. The van der Waals surface area contributed by atoms with Crippen molar-refractivity contribution in [2.75, 3.05) is 13.2 Å². The largest absolute Gasteiger partial charge is 0.494 e. The van der Waals surface area contributed by atoms with Crippen molar-refractivity contribution in [2.24, 2.45) is 5.92 Å². The fraction of sp³-hybridized carbons (Fsp3) is 0.562. The Kier molecular flexibility index (Phi) is 7.73. The van der Waals surface area contributed by atoms with Crippen molar-refractivity contribution in [3.63, 3.8) is 0 Å². The van der Waals surface area contributed by atoms with E-state index in [0.29, 0.717) is 12.5 Å². The van der Waals surface area contributed by atoms with Crippen molar-refractivity contribution < 1.29 is 14.6 Å². The molecule has 0 bridgehead atoms. The maximum Gasteiger partial charge on any atom is 0.303 e. The van der Waals surface area contributed by atoms with Gasteiger partial charge in [-0.1, -0.05) is 25.1 Å². The molecule has 112 valence electrons. The Morgan fingerprint density at radius 3 is 2.80 bits per heavy atom. The first-order valence-corrected chi connectivity index (χ1v) is 7.26. The van der Waals surface area contributed by atoms with E-state index >= 15 is 0 Å². The van der Waals surface area contributed by atoms with Gasteiger partial charge >= 0.3 is 5.97 Å². The van der Waals surface area contributed by atoms with Gasteiger partial charge in [-0.05, 0) is 38.3 Å². The molecule has 2 N–H and O–H groups in total. The van der Waals surface area contributed by atoms with E-state index in [1.807, 2.05) is 25.1 Å². The molecule has 0 radical (unpaired) electrons. The molecule has 0 saturated heterocycles. The average molecular weight is 279 g/mol. The summed E-state index contributed by atoms with van der Waals surface area (Å²) < 4.78 is 5.57. The second kappa shape index (κ2) is 9.37. The lowest BCUT2D eigenvalue weighted by atomic mass is 10.0. The molecule has 1 unspecified atom stereocenters. The molecule has 1 aromatic rings. The van der Waals surface area contributed by atoms with Crippen LogP contribution in [0.5, 0.6) is 5.75 Å². The summed E-state index contributed by atoms with van der Waals surface area (Å²) >= 11 is 0. The molecule has 1 aromatic carbocycles. The number of hydrogen-bond acceptors (Lipinski definition) is 3. The highest BCUT2D eigenvalue weighted by molar-refractivity contribution is 5.66. The van der Waals surface area contributed by atoms with Gasteiger partial charge in [0.15, 0.2) is 0 Å². The molecule has 0 spiro atoms. The van der Waals surface area contributed by atoms with Crippen LogP contribution in [0, 0.1) is 5.92 Å². The second-order valence-corrected chi connectivity index (χ2v) is 5.04. The summed E-state index contributed by atoms with van der Waals surface area (Å²) in [7, 11) is 0. The first kappa shape index (κ1) is 16.5. The van der Waals surface area contributed by atoms with Crippen molar-refractivity contribution in [1.29, 1.82) is 0 Å². The van der Waals surface area contributed by atoms with E-state index in [9.17, 15) is 4.79 Å². The Morgan fingerprint density at radius 1 is 1.35 bits per heavy atom. The van der Waals surface area contributed by atoms with E-state index in [2.05, 4.69) is 18.3 Å². The predicted octanol–water partition coefficient (Wildman–Crippen LogP) is 3.07. The molecule has 4 nitrogen and oxygen atoms in total. The molecule has 0 aliphatic carbocycles. The predicted molar refractivity (Wildman–Crippen MR) is 80.0 cm³/mol. The molecule has 0 aliphatic rings. The molecule has 0 heterocycles. The minimum atomic E-state index is -0.713. The molecule has 1 rings (SSSR count). The van der Waals surface area contributed by atoms with E-state index in [-0.39, 0.29) is 6.42 Å². The number of carboxylic acids is 1. The number of nitrogens with one attached hydrogen (secondary N) is 1. The normalized spacial score (nSPS) is 12.1. The van der Waals surface area contributed by atoms with Gasteiger partial charge in [0, 0.05) is 18.5 Å². The van der Waals surface area contributed by atoms with E-state index < -0.39 is 5.97 Å². The lowest BCUT2D eigenvalue weighted by molar-refractivity contribution is -0.137. The highest BCUT2D eigenvalue weighted by Gasteiger charge is 2.06. The van der Waals surface area contributed by atoms with Crippen molar-refractivity contribution >= 4 is 5.97 Å². The van der Waals surface area contributed by atoms with Crippen molar-refractivity contribution in [2.45, 2.75) is 39.7 Å². The summed E-state index contributed by atoms with van der Waals surface area (Å²) in [5, 5.41) is 12.0. The van der Waals surface area contributed by atoms with Crippen LogP contribution < -0.4 is 10.1 Å². The molecular formula is C16H25NO3. The third-order valence-electron chi connectivity index (χ3n) is 3.25. The molecule has 0 amide bonds. The lowest BCUT2D eigenvalue weighted by Gasteiger charge is -2.13. The number of para-hydroxylation sites is 1. The number of benzene rings is 1. The molecule has 20 heavy (non-hydrogen) atoms. The van der Waals surface area contributed by atoms with Crippen molar-refractivity contribution in [3.8, 4) is 5.75 Å². The highest BCUT2D eigenvalue weighted by atomic mass is 16.5. The van der Waals surface area contributed by atoms with Crippen LogP contribution in [-0.2, 0) is 11.3 Å². The molecule has 0 aromatic heterocycles. The second-order valence-electron chi connectivity index (χ2n) is 5.04. The summed E-state index contributed by atoms with van der Waals surface area (Å²) in [6.07, 6.45) is 1.99. The van der Waals surface area contributed by atoms with E-state index in [1.54, 1.807) is 0 Å². The van der Waals surface area contributed by atoms with E-state index in [0.717, 1.165) is 37.2 Å². The fourth-order valence-corrected chi connectivity index (χ4v) is 2.03.